The van der Waals surface area contributed by atoms with Gasteiger partial charge < -0.3 is 15.0 Å². The van der Waals surface area contributed by atoms with Gasteiger partial charge in [0, 0.05) is 17.1 Å². The molecule has 1 aliphatic rings. The second kappa shape index (κ2) is 6.94. The van der Waals surface area contributed by atoms with Gasteiger partial charge >= 0.3 is 6.09 Å². The first-order valence-electron chi connectivity index (χ1n) is 9.47. The highest BCUT2D eigenvalue weighted by Gasteiger charge is 2.25. The molecule has 0 fully saturated rings. The number of fused-ring (bicyclic) bond motifs is 3. The Labute approximate surface area is 167 Å². The van der Waals surface area contributed by atoms with E-state index in [4.69, 9.17) is 10.5 Å². The van der Waals surface area contributed by atoms with Gasteiger partial charge in [-0.2, -0.15) is 0 Å². The van der Waals surface area contributed by atoms with Crippen molar-refractivity contribution in [2.24, 2.45) is 0 Å². The average Bonchev–Trinajstić information content (AvgIpc) is 3.31. The number of nitrogens with one attached hydrogen (secondary N) is 1. The summed E-state index contributed by atoms with van der Waals surface area (Å²) < 4.78 is 7.40. The van der Waals surface area contributed by atoms with E-state index in [9.17, 15) is 4.79 Å². The first kappa shape index (κ1) is 17.2. The summed E-state index contributed by atoms with van der Waals surface area (Å²) in [5.74, 6) is 0.963. The number of aryl methyl sites for hydroxylation is 1. The third kappa shape index (κ3) is 3.06. The van der Waals surface area contributed by atoms with Crippen LogP contribution in [-0.4, -0.2) is 20.6 Å². The fourth-order valence-electron chi connectivity index (χ4n) is 3.92. The molecule has 0 saturated heterocycles. The predicted molar refractivity (Wildman–Crippen MR) is 111 cm³/mol. The molecular weight excluding hydrogens is 366 g/mol. The van der Waals surface area contributed by atoms with Crippen molar-refractivity contribution in [1.29, 1.82) is 0 Å². The molecule has 1 aliphatic carbocycles. The van der Waals surface area contributed by atoms with Gasteiger partial charge in [0.2, 0.25) is 0 Å². The van der Waals surface area contributed by atoms with E-state index in [1.54, 1.807) is 12.1 Å². The van der Waals surface area contributed by atoms with Crippen LogP contribution in [0.2, 0.25) is 0 Å². The molecule has 0 atom stereocenters. The predicted octanol–water partition coefficient (Wildman–Crippen LogP) is 4.10. The van der Waals surface area contributed by atoms with E-state index in [1.807, 2.05) is 42.5 Å². The molecule has 3 N–H and O–H groups in total. The van der Waals surface area contributed by atoms with Crippen molar-refractivity contribution in [3.05, 3.63) is 72.2 Å². The first-order valence-corrected chi connectivity index (χ1v) is 9.47. The van der Waals surface area contributed by atoms with Crippen LogP contribution in [0.1, 0.15) is 17.7 Å². The number of anilines is 2. The SMILES string of the molecule is Nc1ncnc2c3c(n(-c4ccc(NC(=O)Oc5ccccc5)cc4)c12)CCC3. The summed E-state index contributed by atoms with van der Waals surface area (Å²) in [4.78, 5) is 20.7. The highest BCUT2D eigenvalue weighted by atomic mass is 16.6. The highest BCUT2D eigenvalue weighted by Crippen LogP contribution is 2.36. The van der Waals surface area contributed by atoms with Crippen molar-refractivity contribution in [3.8, 4) is 11.4 Å². The van der Waals surface area contributed by atoms with Crippen LogP contribution in [0.5, 0.6) is 5.75 Å². The summed E-state index contributed by atoms with van der Waals surface area (Å²) in [6, 6.07) is 16.5. The molecule has 0 unspecified atom stereocenters. The lowest BCUT2D eigenvalue weighted by Crippen LogP contribution is -2.16. The number of hydrogen-bond donors (Lipinski definition) is 2. The van der Waals surface area contributed by atoms with Gasteiger partial charge in [0.1, 0.15) is 17.6 Å². The second-order valence-corrected chi connectivity index (χ2v) is 6.94. The van der Waals surface area contributed by atoms with E-state index in [0.717, 1.165) is 36.0 Å². The zero-order chi connectivity index (χ0) is 19.8. The van der Waals surface area contributed by atoms with E-state index in [1.165, 1.54) is 17.6 Å². The van der Waals surface area contributed by atoms with Crippen molar-refractivity contribution in [3.63, 3.8) is 0 Å². The van der Waals surface area contributed by atoms with E-state index in [2.05, 4.69) is 19.9 Å². The van der Waals surface area contributed by atoms with E-state index in [-0.39, 0.29) is 0 Å². The molecule has 5 rings (SSSR count). The molecule has 2 aromatic heterocycles. The molecule has 29 heavy (non-hydrogen) atoms. The number of nitrogens with zero attached hydrogens (tertiary/aromatic N) is 3. The zero-order valence-electron chi connectivity index (χ0n) is 15.6. The molecular formula is C22H19N5O2. The highest BCUT2D eigenvalue weighted by molar-refractivity contribution is 5.91. The van der Waals surface area contributed by atoms with Gasteiger partial charge in [-0.1, -0.05) is 18.2 Å². The molecule has 144 valence electrons. The summed E-state index contributed by atoms with van der Waals surface area (Å²) in [6.45, 7) is 0. The molecule has 0 aliphatic heterocycles. The smallest absolute Gasteiger partial charge is 0.410 e. The number of nitrogen functional groups attached to an aromatic ring is 1. The number of carbonyl (C=O) groups is 1. The van der Waals surface area contributed by atoms with Crippen molar-refractivity contribution in [2.45, 2.75) is 19.3 Å². The summed E-state index contributed by atoms with van der Waals surface area (Å²) >= 11 is 0. The van der Waals surface area contributed by atoms with Gasteiger partial charge in [-0.15, -0.1) is 0 Å². The third-order valence-electron chi connectivity index (χ3n) is 5.14. The normalized spacial score (nSPS) is 12.7. The minimum Gasteiger partial charge on any atom is -0.410 e. The molecule has 0 radical (unpaired) electrons. The maximum absolute atomic E-state index is 12.1. The quantitative estimate of drug-likeness (QED) is 0.554. The van der Waals surface area contributed by atoms with Gasteiger partial charge in [-0.05, 0) is 61.2 Å². The maximum atomic E-state index is 12.1. The van der Waals surface area contributed by atoms with Crippen molar-refractivity contribution in [1.82, 2.24) is 14.5 Å². The van der Waals surface area contributed by atoms with Crippen LogP contribution < -0.4 is 15.8 Å². The molecule has 4 aromatic rings. The minimum atomic E-state index is -0.533. The number of rotatable bonds is 3. The zero-order valence-corrected chi connectivity index (χ0v) is 15.6. The number of ether oxygens (including phenoxy) is 1. The molecule has 7 heteroatoms. The molecule has 2 aromatic carbocycles. The Morgan fingerprint density at radius 3 is 2.62 bits per heavy atom. The van der Waals surface area contributed by atoms with Gasteiger partial charge in [0.25, 0.3) is 0 Å². The van der Waals surface area contributed by atoms with Gasteiger partial charge in [0.05, 0.1) is 5.52 Å². The molecule has 0 saturated carbocycles. The monoisotopic (exact) mass is 385 g/mol. The Hall–Kier alpha value is -3.87. The lowest BCUT2D eigenvalue weighted by molar-refractivity contribution is 0.215. The molecule has 2 heterocycles. The molecule has 7 nitrogen and oxygen atoms in total. The first-order chi connectivity index (χ1) is 14.2. The number of amides is 1. The van der Waals surface area contributed by atoms with Crippen LogP contribution in [0.4, 0.5) is 16.3 Å². The minimum absolute atomic E-state index is 0.470. The van der Waals surface area contributed by atoms with Crippen LogP contribution in [0.25, 0.3) is 16.7 Å². The van der Waals surface area contributed by atoms with Crippen LogP contribution in [0.15, 0.2) is 60.9 Å². The Morgan fingerprint density at radius 2 is 1.83 bits per heavy atom. The van der Waals surface area contributed by atoms with Gasteiger partial charge in [0.15, 0.2) is 5.82 Å². The van der Waals surface area contributed by atoms with Crippen molar-refractivity contribution >= 4 is 28.6 Å². The summed E-state index contributed by atoms with van der Waals surface area (Å²) in [5.41, 5.74) is 12.0. The Bertz CT molecular complexity index is 1200. The number of hydrogen-bond acceptors (Lipinski definition) is 5. The maximum Gasteiger partial charge on any atom is 0.417 e. The number of aromatic nitrogens is 3. The van der Waals surface area contributed by atoms with Crippen LogP contribution in [0, 0.1) is 0 Å². The van der Waals surface area contributed by atoms with Crippen LogP contribution in [0.3, 0.4) is 0 Å². The van der Waals surface area contributed by atoms with Crippen molar-refractivity contribution < 1.29 is 9.53 Å². The second-order valence-electron chi connectivity index (χ2n) is 6.94. The van der Waals surface area contributed by atoms with Crippen molar-refractivity contribution in [2.75, 3.05) is 11.1 Å². The topological polar surface area (TPSA) is 95.1 Å². The number of nitrogens with two attached hydrogens (primary N) is 1. The largest absolute Gasteiger partial charge is 0.417 e. The molecule has 1 amide bonds. The summed E-state index contributed by atoms with van der Waals surface area (Å²) in [6.07, 6.45) is 4.07. The lowest BCUT2D eigenvalue weighted by atomic mass is 10.2. The average molecular weight is 385 g/mol. The van der Waals surface area contributed by atoms with Crippen LogP contribution in [-0.2, 0) is 12.8 Å². The molecule has 0 spiro atoms. The number of para-hydroxylation sites is 1. The van der Waals surface area contributed by atoms with E-state index < -0.39 is 6.09 Å². The molecule has 0 bridgehead atoms. The fraction of sp³-hybridized carbons (Fsp3) is 0.136. The number of benzene rings is 2. The van der Waals surface area contributed by atoms with Gasteiger partial charge in [-0.3, -0.25) is 5.32 Å². The Morgan fingerprint density at radius 1 is 1.03 bits per heavy atom. The summed E-state index contributed by atoms with van der Waals surface area (Å²) in [7, 11) is 0. The third-order valence-corrected chi connectivity index (χ3v) is 5.14. The van der Waals surface area contributed by atoms with E-state index >= 15 is 0 Å². The lowest BCUT2D eigenvalue weighted by Gasteiger charge is -2.12. The summed E-state index contributed by atoms with van der Waals surface area (Å²) in [5, 5.41) is 2.74. The Balaban J connectivity index is 1.43. The van der Waals surface area contributed by atoms with Gasteiger partial charge in [-0.25, -0.2) is 14.8 Å². The standard InChI is InChI=1S/C22H19N5O2/c23-21-20-19(24-13-25-21)17-7-4-8-18(17)27(20)15-11-9-14(10-12-15)26-22(28)29-16-5-2-1-3-6-16/h1-3,5-6,9-13H,4,7-8H2,(H,26,28)(H2,23,24,25). The Kier molecular flexibility index (Phi) is 4.13. The van der Waals surface area contributed by atoms with E-state index in [0.29, 0.717) is 17.3 Å². The van der Waals surface area contributed by atoms with Crippen LogP contribution >= 0.6 is 0 Å². The fourth-order valence-corrected chi connectivity index (χ4v) is 3.92. The number of carbonyl (C=O) groups excluding carboxylic acids is 1.